The highest BCUT2D eigenvalue weighted by Gasteiger charge is 2.31. The minimum atomic E-state index is -0.731. The van der Waals surface area contributed by atoms with E-state index in [1.54, 1.807) is 7.11 Å². The molecule has 0 saturated carbocycles. The Morgan fingerprint density at radius 1 is 1.43 bits per heavy atom. The third-order valence-electron chi connectivity index (χ3n) is 4.06. The van der Waals surface area contributed by atoms with Gasteiger partial charge in [-0.05, 0) is 37.3 Å². The largest absolute Gasteiger partial charge is 0.382 e. The number of fused-ring (bicyclic) bond motifs is 1. The second-order valence-corrected chi connectivity index (χ2v) is 5.95. The summed E-state index contributed by atoms with van der Waals surface area (Å²) >= 11 is 0. The Hall–Kier alpha value is -1.72. The summed E-state index contributed by atoms with van der Waals surface area (Å²) in [7, 11) is 1.61. The number of hydrogen-bond donors (Lipinski definition) is 1. The van der Waals surface area contributed by atoms with E-state index in [1.807, 2.05) is 6.92 Å². The van der Waals surface area contributed by atoms with Gasteiger partial charge in [-0.15, -0.1) is 0 Å². The molecule has 0 bridgehead atoms. The average Bonchev–Trinajstić information content (AvgIpc) is 2.97. The van der Waals surface area contributed by atoms with Crippen LogP contribution in [-0.2, 0) is 16.7 Å². The lowest BCUT2D eigenvalue weighted by molar-refractivity contribution is 0.135. The summed E-state index contributed by atoms with van der Waals surface area (Å²) in [6, 6.07) is 8.47. The fraction of sp³-hybridized carbons (Fsp3) is 0.500. The number of rotatable bonds is 4. The molecule has 2 N–H and O–H groups in total. The van der Waals surface area contributed by atoms with Crippen molar-refractivity contribution in [3.05, 3.63) is 47.1 Å². The van der Waals surface area contributed by atoms with Crippen LogP contribution in [0.25, 0.3) is 0 Å². The summed E-state index contributed by atoms with van der Waals surface area (Å²) in [5, 5.41) is 4.06. The van der Waals surface area contributed by atoms with E-state index >= 15 is 0 Å². The van der Waals surface area contributed by atoms with E-state index in [4.69, 9.17) is 15.0 Å². The van der Waals surface area contributed by atoms with Crippen molar-refractivity contribution in [2.45, 2.75) is 37.6 Å². The number of hydrogen-bond acceptors (Lipinski definition) is 5. The minimum absolute atomic E-state index is 0.176. The first-order valence-corrected chi connectivity index (χ1v) is 7.31. The highest BCUT2D eigenvalue weighted by atomic mass is 16.5. The van der Waals surface area contributed by atoms with E-state index in [0.717, 1.165) is 19.3 Å². The van der Waals surface area contributed by atoms with Crippen LogP contribution in [0.15, 0.2) is 28.8 Å². The van der Waals surface area contributed by atoms with Crippen molar-refractivity contribution in [2.75, 3.05) is 13.7 Å². The lowest BCUT2D eigenvalue weighted by atomic mass is 9.83. The highest BCUT2D eigenvalue weighted by Crippen LogP contribution is 2.36. The number of ether oxygens (including phenoxy) is 1. The zero-order chi connectivity index (χ0) is 14.9. The van der Waals surface area contributed by atoms with Gasteiger partial charge in [-0.2, -0.15) is 4.98 Å². The van der Waals surface area contributed by atoms with Gasteiger partial charge in [0.05, 0.1) is 12.5 Å². The van der Waals surface area contributed by atoms with Gasteiger partial charge in [-0.25, -0.2) is 0 Å². The van der Waals surface area contributed by atoms with Crippen LogP contribution >= 0.6 is 0 Å². The lowest BCUT2D eigenvalue weighted by Crippen LogP contribution is -2.39. The summed E-state index contributed by atoms with van der Waals surface area (Å²) in [6.45, 7) is 2.20. The molecule has 1 aromatic carbocycles. The number of benzene rings is 1. The van der Waals surface area contributed by atoms with E-state index in [-0.39, 0.29) is 5.92 Å². The van der Waals surface area contributed by atoms with Crippen LogP contribution in [-0.4, -0.2) is 23.9 Å². The quantitative estimate of drug-likeness (QED) is 0.934. The van der Waals surface area contributed by atoms with Crippen molar-refractivity contribution in [3.8, 4) is 0 Å². The molecule has 1 aromatic heterocycles. The molecular formula is C16H21N3O2. The van der Waals surface area contributed by atoms with Gasteiger partial charge >= 0.3 is 0 Å². The van der Waals surface area contributed by atoms with Gasteiger partial charge in [0.15, 0.2) is 5.82 Å². The van der Waals surface area contributed by atoms with Gasteiger partial charge in [0.1, 0.15) is 5.54 Å². The summed E-state index contributed by atoms with van der Waals surface area (Å²) in [5.74, 6) is 1.34. The molecule has 1 heterocycles. The topological polar surface area (TPSA) is 74.2 Å². The number of aryl methyl sites for hydroxylation is 1. The Labute approximate surface area is 124 Å². The first-order valence-electron chi connectivity index (χ1n) is 7.31. The molecule has 5 heteroatoms. The van der Waals surface area contributed by atoms with Gasteiger partial charge < -0.3 is 15.0 Å². The van der Waals surface area contributed by atoms with Crippen molar-refractivity contribution in [3.63, 3.8) is 0 Å². The lowest BCUT2D eigenvalue weighted by Gasteiger charge is -2.22. The van der Waals surface area contributed by atoms with Gasteiger partial charge in [-0.1, -0.05) is 29.4 Å². The zero-order valence-corrected chi connectivity index (χ0v) is 12.5. The van der Waals surface area contributed by atoms with E-state index in [0.29, 0.717) is 18.3 Å². The average molecular weight is 287 g/mol. The van der Waals surface area contributed by atoms with Crippen LogP contribution in [0.3, 0.4) is 0 Å². The van der Waals surface area contributed by atoms with Gasteiger partial charge in [0.25, 0.3) is 0 Å². The van der Waals surface area contributed by atoms with Crippen molar-refractivity contribution in [1.29, 1.82) is 0 Å². The predicted octanol–water partition coefficient (Wildman–Crippen LogP) is 2.36. The van der Waals surface area contributed by atoms with Crippen LogP contribution in [0.4, 0.5) is 0 Å². The van der Waals surface area contributed by atoms with Gasteiger partial charge in [0, 0.05) is 7.11 Å². The number of aromatic nitrogens is 2. The second-order valence-electron chi connectivity index (χ2n) is 5.95. The zero-order valence-electron chi connectivity index (χ0n) is 12.5. The van der Waals surface area contributed by atoms with E-state index < -0.39 is 5.54 Å². The molecule has 3 rings (SSSR count). The molecule has 1 aliphatic carbocycles. The van der Waals surface area contributed by atoms with Crippen LogP contribution in [0.2, 0.25) is 0 Å². The molecule has 2 unspecified atom stereocenters. The first kappa shape index (κ1) is 14.2. The molecule has 21 heavy (non-hydrogen) atoms. The predicted molar refractivity (Wildman–Crippen MR) is 78.9 cm³/mol. The SMILES string of the molecule is COCC(C)(N)c1noc(C2CCCc3ccccc32)n1. The molecule has 0 saturated heterocycles. The summed E-state index contributed by atoms with van der Waals surface area (Å²) < 4.78 is 10.6. The summed E-state index contributed by atoms with van der Waals surface area (Å²) in [6.07, 6.45) is 3.29. The maximum Gasteiger partial charge on any atom is 0.234 e. The standard InChI is InChI=1S/C16H21N3O2/c1-16(17,10-20-2)15-18-14(21-19-15)13-9-5-7-11-6-3-4-8-12(11)13/h3-4,6,8,13H,5,7,9-10,17H2,1-2H3. The third kappa shape index (κ3) is 2.71. The van der Waals surface area contributed by atoms with Crippen LogP contribution in [0, 0.1) is 0 Å². The van der Waals surface area contributed by atoms with Crippen LogP contribution in [0.1, 0.15) is 48.5 Å². The van der Waals surface area contributed by atoms with Crippen molar-refractivity contribution in [2.24, 2.45) is 5.73 Å². The molecule has 0 fully saturated rings. The first-order chi connectivity index (χ1) is 10.1. The smallest absolute Gasteiger partial charge is 0.234 e. The maximum atomic E-state index is 6.18. The van der Waals surface area contributed by atoms with Crippen molar-refractivity contribution >= 4 is 0 Å². The van der Waals surface area contributed by atoms with Crippen molar-refractivity contribution in [1.82, 2.24) is 10.1 Å². The fourth-order valence-corrected chi connectivity index (χ4v) is 2.98. The molecule has 0 amide bonds. The Bertz CT molecular complexity index is 621. The Morgan fingerprint density at radius 2 is 2.24 bits per heavy atom. The Kier molecular flexibility index (Phi) is 3.78. The summed E-state index contributed by atoms with van der Waals surface area (Å²) in [4.78, 5) is 4.54. The molecule has 0 spiro atoms. The molecule has 0 aliphatic heterocycles. The van der Waals surface area contributed by atoms with Crippen LogP contribution < -0.4 is 5.73 Å². The summed E-state index contributed by atoms with van der Waals surface area (Å²) in [5.41, 5.74) is 8.12. The third-order valence-corrected chi connectivity index (χ3v) is 4.06. The normalized spacial score (nSPS) is 20.8. The van der Waals surface area contributed by atoms with Gasteiger partial charge in [-0.3, -0.25) is 0 Å². The Morgan fingerprint density at radius 3 is 3.05 bits per heavy atom. The van der Waals surface area contributed by atoms with E-state index in [1.165, 1.54) is 11.1 Å². The van der Waals surface area contributed by atoms with E-state index in [9.17, 15) is 0 Å². The maximum absolute atomic E-state index is 6.18. The van der Waals surface area contributed by atoms with Crippen molar-refractivity contribution < 1.29 is 9.26 Å². The van der Waals surface area contributed by atoms with Crippen LogP contribution in [0.5, 0.6) is 0 Å². The monoisotopic (exact) mass is 287 g/mol. The minimum Gasteiger partial charge on any atom is -0.382 e. The molecule has 112 valence electrons. The Balaban J connectivity index is 1.91. The molecule has 0 radical (unpaired) electrons. The molecule has 2 atom stereocenters. The molecule has 1 aliphatic rings. The van der Waals surface area contributed by atoms with Gasteiger partial charge in [0.2, 0.25) is 5.89 Å². The fourth-order valence-electron chi connectivity index (χ4n) is 2.98. The number of methoxy groups -OCH3 is 1. The molecule has 2 aromatic rings. The highest BCUT2D eigenvalue weighted by molar-refractivity contribution is 5.35. The molecular weight excluding hydrogens is 266 g/mol. The number of nitrogens with zero attached hydrogens (tertiary/aromatic N) is 2. The second kappa shape index (κ2) is 5.58. The van der Waals surface area contributed by atoms with E-state index in [2.05, 4.69) is 34.4 Å². The molecule has 5 nitrogen and oxygen atoms in total. The number of nitrogens with two attached hydrogens (primary N) is 1.